The Morgan fingerprint density at radius 2 is 1.69 bits per heavy atom. The lowest BCUT2D eigenvalue weighted by molar-refractivity contribution is -0.119. The monoisotopic (exact) mass is 491 g/mol. The third kappa shape index (κ3) is 5.51. The van der Waals surface area contributed by atoms with Crippen molar-refractivity contribution in [1.29, 1.82) is 0 Å². The Morgan fingerprint density at radius 1 is 1.03 bits per heavy atom. The molecule has 0 fully saturated rings. The van der Waals surface area contributed by atoms with E-state index in [0.717, 1.165) is 34.3 Å². The van der Waals surface area contributed by atoms with E-state index in [0.29, 0.717) is 18.2 Å². The molecule has 0 bridgehead atoms. The average Bonchev–Trinajstić information content (AvgIpc) is 3.40. The summed E-state index contributed by atoms with van der Waals surface area (Å²) in [6.45, 7) is 6.41. The molecule has 182 valence electrons. The van der Waals surface area contributed by atoms with Gasteiger partial charge in [-0.1, -0.05) is 43.3 Å². The van der Waals surface area contributed by atoms with Gasteiger partial charge in [0, 0.05) is 37.4 Å². The van der Waals surface area contributed by atoms with Gasteiger partial charge in [-0.3, -0.25) is 18.7 Å². The van der Waals surface area contributed by atoms with E-state index in [2.05, 4.69) is 15.6 Å². The third-order valence-electron chi connectivity index (χ3n) is 5.81. The molecule has 0 saturated heterocycles. The second-order valence-electron chi connectivity index (χ2n) is 8.45. The Kier molecular flexibility index (Phi) is 7.45. The number of aromatic nitrogens is 3. The number of hydrogen-bond acceptors (Lipinski definition) is 5. The molecule has 4 rings (SSSR count). The Labute approximate surface area is 207 Å². The minimum absolute atomic E-state index is 0.0712. The number of anilines is 1. The van der Waals surface area contributed by atoms with Crippen molar-refractivity contribution in [3.8, 4) is 11.3 Å². The Bertz CT molecular complexity index is 1400. The smallest absolute Gasteiger partial charge is 0.329 e. The van der Waals surface area contributed by atoms with Gasteiger partial charge in [0.1, 0.15) is 0 Å². The molecule has 2 amide bonds. The van der Waals surface area contributed by atoms with E-state index in [-0.39, 0.29) is 30.0 Å². The van der Waals surface area contributed by atoms with Crippen LogP contribution in [0, 0.1) is 0 Å². The van der Waals surface area contributed by atoms with Gasteiger partial charge in [-0.2, -0.15) is 0 Å². The average molecular weight is 492 g/mol. The standard InChI is InChI=1S/C26H29N5O3S/c1-4-14-30-22-7-5-6-8-23(22)31(26(30)34)15-13-24(33)29-25-28-21(16-35-25)20-11-9-19(10-12-20)17(2)27-18(3)32/h5-12,16-17H,4,13-15H2,1-3H3,(H,27,32)(H,28,29,33). The summed E-state index contributed by atoms with van der Waals surface area (Å²) in [7, 11) is 0. The largest absolute Gasteiger partial charge is 0.350 e. The number of amides is 2. The number of imidazole rings is 1. The first-order chi connectivity index (χ1) is 16.9. The van der Waals surface area contributed by atoms with Crippen LogP contribution in [0.2, 0.25) is 0 Å². The van der Waals surface area contributed by atoms with Crippen LogP contribution >= 0.6 is 11.3 Å². The van der Waals surface area contributed by atoms with Gasteiger partial charge in [0.2, 0.25) is 11.8 Å². The Morgan fingerprint density at radius 3 is 2.31 bits per heavy atom. The maximum Gasteiger partial charge on any atom is 0.329 e. The van der Waals surface area contributed by atoms with E-state index in [1.165, 1.54) is 18.3 Å². The molecular formula is C26H29N5O3S. The fraction of sp³-hybridized carbons (Fsp3) is 0.308. The van der Waals surface area contributed by atoms with E-state index >= 15 is 0 Å². The molecule has 1 unspecified atom stereocenters. The summed E-state index contributed by atoms with van der Waals surface area (Å²) in [4.78, 5) is 41.3. The van der Waals surface area contributed by atoms with Crippen LogP contribution in [0.3, 0.4) is 0 Å². The summed E-state index contributed by atoms with van der Waals surface area (Å²) < 4.78 is 3.43. The van der Waals surface area contributed by atoms with Crippen LogP contribution in [0.1, 0.15) is 45.2 Å². The molecule has 2 N–H and O–H groups in total. The number of carbonyl (C=O) groups excluding carboxylic acids is 2. The molecular weight excluding hydrogens is 462 g/mol. The zero-order chi connectivity index (χ0) is 24.9. The number of aryl methyl sites for hydroxylation is 2. The number of carbonyl (C=O) groups is 2. The number of nitrogens with zero attached hydrogens (tertiary/aromatic N) is 3. The lowest BCUT2D eigenvalue weighted by Gasteiger charge is -2.13. The van der Waals surface area contributed by atoms with Crippen molar-refractivity contribution in [2.45, 2.75) is 52.7 Å². The Hall–Kier alpha value is -3.72. The van der Waals surface area contributed by atoms with Gasteiger partial charge in [0.15, 0.2) is 5.13 Å². The molecule has 4 aromatic rings. The van der Waals surface area contributed by atoms with Gasteiger partial charge in [0.05, 0.1) is 22.8 Å². The van der Waals surface area contributed by atoms with Gasteiger partial charge >= 0.3 is 5.69 Å². The molecule has 0 aliphatic rings. The fourth-order valence-corrected chi connectivity index (χ4v) is 4.85. The van der Waals surface area contributed by atoms with Crippen LogP contribution in [0.25, 0.3) is 22.3 Å². The lowest BCUT2D eigenvalue weighted by atomic mass is 10.1. The van der Waals surface area contributed by atoms with Crippen LogP contribution in [0.15, 0.2) is 58.7 Å². The van der Waals surface area contributed by atoms with Crippen LogP contribution < -0.4 is 16.3 Å². The number of hydrogen-bond donors (Lipinski definition) is 2. The number of nitrogens with one attached hydrogen (secondary N) is 2. The quantitative estimate of drug-likeness (QED) is 0.359. The number of rotatable bonds is 9. The Balaban J connectivity index is 1.40. The van der Waals surface area contributed by atoms with Crippen LogP contribution in [0.4, 0.5) is 5.13 Å². The van der Waals surface area contributed by atoms with Gasteiger partial charge in [-0.05, 0) is 31.0 Å². The molecule has 0 saturated carbocycles. The van der Waals surface area contributed by atoms with Crippen molar-refractivity contribution in [3.63, 3.8) is 0 Å². The van der Waals surface area contributed by atoms with E-state index in [4.69, 9.17) is 0 Å². The molecule has 0 aliphatic heterocycles. The van der Waals surface area contributed by atoms with E-state index in [1.54, 1.807) is 9.13 Å². The highest BCUT2D eigenvalue weighted by atomic mass is 32.1. The maximum atomic E-state index is 12.9. The molecule has 2 aromatic heterocycles. The second kappa shape index (κ2) is 10.7. The summed E-state index contributed by atoms with van der Waals surface area (Å²) in [5.74, 6) is -0.261. The summed E-state index contributed by atoms with van der Waals surface area (Å²) in [6.07, 6.45) is 1.03. The van der Waals surface area contributed by atoms with Crippen molar-refractivity contribution in [2.24, 2.45) is 0 Å². The second-order valence-corrected chi connectivity index (χ2v) is 9.31. The molecule has 9 heteroatoms. The maximum absolute atomic E-state index is 12.9. The molecule has 2 aromatic carbocycles. The highest BCUT2D eigenvalue weighted by Gasteiger charge is 2.14. The number of para-hydroxylation sites is 2. The number of thiazole rings is 1. The summed E-state index contributed by atoms with van der Waals surface area (Å²) in [5.41, 5.74) is 4.34. The van der Waals surface area contributed by atoms with Gasteiger partial charge in [-0.25, -0.2) is 9.78 Å². The van der Waals surface area contributed by atoms with Crippen molar-refractivity contribution in [2.75, 3.05) is 5.32 Å². The van der Waals surface area contributed by atoms with Crippen LogP contribution in [0.5, 0.6) is 0 Å². The van der Waals surface area contributed by atoms with Gasteiger partial charge in [0.25, 0.3) is 0 Å². The summed E-state index contributed by atoms with van der Waals surface area (Å²) in [5, 5.41) is 8.13. The lowest BCUT2D eigenvalue weighted by Crippen LogP contribution is -2.26. The van der Waals surface area contributed by atoms with E-state index in [9.17, 15) is 14.4 Å². The van der Waals surface area contributed by atoms with Crippen molar-refractivity contribution in [3.05, 3.63) is 70.0 Å². The normalized spacial score (nSPS) is 12.0. The van der Waals surface area contributed by atoms with Gasteiger partial charge in [-0.15, -0.1) is 11.3 Å². The van der Waals surface area contributed by atoms with Crippen LogP contribution in [-0.2, 0) is 22.7 Å². The first-order valence-electron chi connectivity index (χ1n) is 11.7. The fourth-order valence-electron chi connectivity index (χ4n) is 4.12. The molecule has 0 spiro atoms. The summed E-state index contributed by atoms with van der Waals surface area (Å²) in [6, 6.07) is 15.4. The molecule has 2 heterocycles. The number of fused-ring (bicyclic) bond motifs is 1. The minimum atomic E-state index is -0.190. The highest BCUT2D eigenvalue weighted by molar-refractivity contribution is 7.14. The SMILES string of the molecule is CCCn1c(=O)n(CCC(=O)Nc2nc(-c3ccc(C(C)NC(C)=O)cc3)cs2)c2ccccc21. The van der Waals surface area contributed by atoms with Crippen molar-refractivity contribution >= 4 is 39.3 Å². The first kappa shape index (κ1) is 24.4. The zero-order valence-corrected chi connectivity index (χ0v) is 20.9. The number of benzene rings is 2. The van der Waals surface area contributed by atoms with Gasteiger partial charge < -0.3 is 10.6 Å². The molecule has 1 atom stereocenters. The molecule has 8 nitrogen and oxygen atoms in total. The molecule has 0 aliphatic carbocycles. The topological polar surface area (TPSA) is 98.0 Å². The van der Waals surface area contributed by atoms with E-state index < -0.39 is 0 Å². The molecule has 35 heavy (non-hydrogen) atoms. The summed E-state index contributed by atoms with van der Waals surface area (Å²) >= 11 is 1.36. The zero-order valence-electron chi connectivity index (χ0n) is 20.1. The van der Waals surface area contributed by atoms with E-state index in [1.807, 2.05) is 67.8 Å². The molecule has 0 radical (unpaired) electrons. The predicted octanol–water partition coefficient (Wildman–Crippen LogP) is 4.56. The van der Waals surface area contributed by atoms with Crippen molar-refractivity contribution < 1.29 is 9.59 Å². The predicted molar refractivity (Wildman–Crippen MR) is 140 cm³/mol. The van der Waals surface area contributed by atoms with Crippen LogP contribution in [-0.4, -0.2) is 25.9 Å². The highest BCUT2D eigenvalue weighted by Crippen LogP contribution is 2.26. The third-order valence-corrected chi connectivity index (χ3v) is 6.57. The first-order valence-corrected chi connectivity index (χ1v) is 12.6. The van der Waals surface area contributed by atoms with Crippen molar-refractivity contribution in [1.82, 2.24) is 19.4 Å². The minimum Gasteiger partial charge on any atom is -0.350 e.